The molecule has 1 unspecified atom stereocenters. The van der Waals surface area contributed by atoms with E-state index >= 15 is 0 Å². The van der Waals surface area contributed by atoms with Gasteiger partial charge in [0.15, 0.2) is 0 Å². The molecule has 5 nitrogen and oxygen atoms in total. The molecule has 0 bridgehead atoms. The van der Waals surface area contributed by atoms with Gasteiger partial charge in [0.1, 0.15) is 16.7 Å². The molecule has 6 heteroatoms. The normalized spacial score (nSPS) is 12.5. The Morgan fingerprint density at radius 3 is 2.89 bits per heavy atom. The molecule has 2 heterocycles. The van der Waals surface area contributed by atoms with Gasteiger partial charge in [0.2, 0.25) is 0 Å². The van der Waals surface area contributed by atoms with Gasteiger partial charge in [-0.25, -0.2) is 0 Å². The second-order valence-electron chi connectivity index (χ2n) is 3.84. The van der Waals surface area contributed by atoms with Crippen molar-refractivity contribution < 1.29 is 9.34 Å². The van der Waals surface area contributed by atoms with Gasteiger partial charge in [0.25, 0.3) is 0 Å². The Balaban J connectivity index is 2.24. The van der Waals surface area contributed by atoms with Crippen LogP contribution < -0.4 is 5.32 Å². The predicted molar refractivity (Wildman–Crippen MR) is 69.8 cm³/mol. The van der Waals surface area contributed by atoms with E-state index in [2.05, 4.69) is 12.2 Å². The van der Waals surface area contributed by atoms with Crippen molar-refractivity contribution in [2.75, 3.05) is 6.54 Å². The van der Waals surface area contributed by atoms with Crippen LogP contribution in [0, 0.1) is 10.1 Å². The maximum atomic E-state index is 10.6. The smallest absolute Gasteiger partial charge is 0.404 e. The van der Waals surface area contributed by atoms with Gasteiger partial charge < -0.3 is 9.73 Å². The van der Waals surface area contributed by atoms with Crippen molar-refractivity contribution in [3.8, 4) is 0 Å². The number of nitrogens with zero attached hydrogens (tertiary/aromatic N) is 1. The Kier molecular flexibility index (Phi) is 4.11. The summed E-state index contributed by atoms with van der Waals surface area (Å²) in [5.41, 5.74) is 0. The second kappa shape index (κ2) is 5.79. The third-order valence-electron chi connectivity index (χ3n) is 2.50. The Bertz CT molecular complexity index is 507. The zero-order valence-electron chi connectivity index (χ0n) is 9.96. The zero-order valence-corrected chi connectivity index (χ0v) is 10.8. The summed E-state index contributed by atoms with van der Waals surface area (Å²) in [4.78, 5) is 11.2. The molecule has 0 saturated carbocycles. The number of thiophene rings is 1. The molecule has 0 radical (unpaired) electrons. The molecule has 18 heavy (non-hydrogen) atoms. The molecule has 1 N–H and O–H groups in total. The minimum absolute atomic E-state index is 0.112. The summed E-state index contributed by atoms with van der Waals surface area (Å²) in [7, 11) is 0. The Labute approximate surface area is 109 Å². The van der Waals surface area contributed by atoms with Crippen LogP contribution in [0.2, 0.25) is 0 Å². The van der Waals surface area contributed by atoms with E-state index in [0.29, 0.717) is 5.76 Å². The Hall–Kier alpha value is -1.66. The van der Waals surface area contributed by atoms with Crippen molar-refractivity contribution in [3.63, 3.8) is 0 Å². The number of hydrogen-bond acceptors (Lipinski definition) is 5. The van der Waals surface area contributed by atoms with Gasteiger partial charge in [-0.3, -0.25) is 10.1 Å². The summed E-state index contributed by atoms with van der Waals surface area (Å²) in [5.74, 6) is 0.363. The number of nitro groups is 1. The standard InChI is InChI=1S/C12H14N2O3S/c1-2-7-13-12(10-4-3-8-18-10)9-5-6-11(17-9)14(15)16/h3-6,8,12-13H,2,7H2,1H3. The number of furan rings is 1. The highest BCUT2D eigenvalue weighted by Crippen LogP contribution is 2.29. The quantitative estimate of drug-likeness (QED) is 0.643. The van der Waals surface area contributed by atoms with Crippen molar-refractivity contribution in [2.24, 2.45) is 0 Å². The number of rotatable bonds is 6. The third kappa shape index (κ3) is 2.77. The Morgan fingerprint density at radius 2 is 2.33 bits per heavy atom. The van der Waals surface area contributed by atoms with E-state index in [4.69, 9.17) is 4.42 Å². The molecule has 0 amide bonds. The number of nitrogens with one attached hydrogen (secondary N) is 1. The first-order chi connectivity index (χ1) is 8.72. The minimum atomic E-state index is -0.519. The average molecular weight is 266 g/mol. The molecule has 0 aliphatic rings. The van der Waals surface area contributed by atoms with E-state index in [9.17, 15) is 10.1 Å². The van der Waals surface area contributed by atoms with Crippen LogP contribution >= 0.6 is 11.3 Å². The first-order valence-electron chi connectivity index (χ1n) is 5.73. The molecule has 0 fully saturated rings. The van der Waals surface area contributed by atoms with E-state index < -0.39 is 4.92 Å². The van der Waals surface area contributed by atoms with E-state index in [0.717, 1.165) is 17.8 Å². The van der Waals surface area contributed by atoms with Crippen molar-refractivity contribution in [1.82, 2.24) is 5.32 Å². The summed E-state index contributed by atoms with van der Waals surface area (Å²) in [6.07, 6.45) is 0.991. The molecule has 0 saturated heterocycles. The highest BCUT2D eigenvalue weighted by Gasteiger charge is 2.21. The fourth-order valence-electron chi connectivity index (χ4n) is 1.68. The highest BCUT2D eigenvalue weighted by atomic mass is 32.1. The van der Waals surface area contributed by atoms with Crippen LogP contribution in [0.1, 0.15) is 30.0 Å². The molecule has 2 aromatic heterocycles. The van der Waals surface area contributed by atoms with E-state index in [1.165, 1.54) is 6.07 Å². The maximum absolute atomic E-state index is 10.6. The summed E-state index contributed by atoms with van der Waals surface area (Å²) in [5, 5.41) is 15.9. The molecular weight excluding hydrogens is 252 g/mol. The average Bonchev–Trinajstić information content (AvgIpc) is 3.00. The summed E-state index contributed by atoms with van der Waals surface area (Å²) < 4.78 is 5.27. The lowest BCUT2D eigenvalue weighted by Crippen LogP contribution is -2.21. The van der Waals surface area contributed by atoms with Crippen molar-refractivity contribution in [3.05, 3.63) is 50.4 Å². The lowest BCUT2D eigenvalue weighted by atomic mass is 10.2. The SMILES string of the molecule is CCCNC(c1ccc([N+](=O)[O-])o1)c1cccs1. The molecule has 0 spiro atoms. The topological polar surface area (TPSA) is 68.3 Å². The van der Waals surface area contributed by atoms with Crippen LogP contribution in [-0.4, -0.2) is 11.5 Å². The van der Waals surface area contributed by atoms with E-state index in [1.807, 2.05) is 17.5 Å². The summed E-state index contributed by atoms with van der Waals surface area (Å²) in [6.45, 7) is 2.90. The molecule has 2 rings (SSSR count). The van der Waals surface area contributed by atoms with Crippen molar-refractivity contribution in [1.29, 1.82) is 0 Å². The van der Waals surface area contributed by atoms with E-state index in [-0.39, 0.29) is 11.9 Å². The van der Waals surface area contributed by atoms with Gasteiger partial charge in [-0.15, -0.1) is 11.3 Å². The molecule has 2 aromatic rings. The van der Waals surface area contributed by atoms with Gasteiger partial charge in [-0.05, 0) is 30.5 Å². The largest absolute Gasteiger partial charge is 0.433 e. The minimum Gasteiger partial charge on any atom is -0.404 e. The second-order valence-corrected chi connectivity index (χ2v) is 4.81. The fraction of sp³-hybridized carbons (Fsp3) is 0.333. The Morgan fingerprint density at radius 1 is 1.50 bits per heavy atom. The summed E-state index contributed by atoms with van der Waals surface area (Å²) in [6, 6.07) is 6.89. The van der Waals surface area contributed by atoms with Crippen LogP contribution in [0.3, 0.4) is 0 Å². The lowest BCUT2D eigenvalue weighted by Gasteiger charge is -2.13. The molecule has 0 aliphatic heterocycles. The van der Waals surface area contributed by atoms with Crippen molar-refractivity contribution in [2.45, 2.75) is 19.4 Å². The van der Waals surface area contributed by atoms with Gasteiger partial charge >= 0.3 is 5.88 Å². The lowest BCUT2D eigenvalue weighted by molar-refractivity contribution is -0.402. The maximum Gasteiger partial charge on any atom is 0.433 e. The molecule has 0 aliphatic carbocycles. The van der Waals surface area contributed by atoms with Crippen LogP contribution in [0.4, 0.5) is 5.88 Å². The first kappa shape index (κ1) is 12.8. The predicted octanol–water partition coefficient (Wildman–Crippen LogP) is 3.34. The van der Waals surface area contributed by atoms with Crippen LogP contribution in [0.15, 0.2) is 34.1 Å². The highest BCUT2D eigenvalue weighted by molar-refractivity contribution is 7.10. The number of hydrogen-bond donors (Lipinski definition) is 1. The van der Waals surface area contributed by atoms with Crippen LogP contribution in [0.5, 0.6) is 0 Å². The molecule has 0 aromatic carbocycles. The molecule has 1 atom stereocenters. The van der Waals surface area contributed by atoms with E-state index in [1.54, 1.807) is 17.4 Å². The fourth-order valence-corrected chi connectivity index (χ4v) is 2.49. The van der Waals surface area contributed by atoms with Crippen LogP contribution in [-0.2, 0) is 0 Å². The molecular formula is C12H14N2O3S. The zero-order chi connectivity index (χ0) is 13.0. The van der Waals surface area contributed by atoms with Gasteiger partial charge in [-0.1, -0.05) is 13.0 Å². The van der Waals surface area contributed by atoms with Crippen molar-refractivity contribution >= 4 is 17.2 Å². The first-order valence-corrected chi connectivity index (χ1v) is 6.61. The van der Waals surface area contributed by atoms with Gasteiger partial charge in [-0.2, -0.15) is 0 Å². The third-order valence-corrected chi connectivity index (χ3v) is 3.44. The monoisotopic (exact) mass is 266 g/mol. The van der Waals surface area contributed by atoms with Crippen LogP contribution in [0.25, 0.3) is 0 Å². The summed E-state index contributed by atoms with van der Waals surface area (Å²) >= 11 is 1.60. The molecule has 96 valence electrons. The van der Waals surface area contributed by atoms with Gasteiger partial charge in [0.05, 0.1) is 6.07 Å². The van der Waals surface area contributed by atoms with Gasteiger partial charge in [0, 0.05) is 4.88 Å².